The summed E-state index contributed by atoms with van der Waals surface area (Å²) in [6, 6.07) is 14.2. The van der Waals surface area contributed by atoms with Gasteiger partial charge in [-0.1, -0.05) is 6.07 Å². The van der Waals surface area contributed by atoms with Crippen LogP contribution in [0.15, 0.2) is 48.5 Å². The van der Waals surface area contributed by atoms with Gasteiger partial charge in [0.15, 0.2) is 0 Å². The molecule has 0 saturated heterocycles. The van der Waals surface area contributed by atoms with E-state index in [0.29, 0.717) is 24.5 Å². The van der Waals surface area contributed by atoms with Crippen LogP contribution in [0.3, 0.4) is 0 Å². The number of nitrogens with one attached hydrogen (secondary N) is 2. The molecule has 0 aromatic heterocycles. The molecule has 7 heteroatoms. The lowest BCUT2D eigenvalue weighted by molar-refractivity contribution is -0.114. The molecule has 27 heavy (non-hydrogen) atoms. The Morgan fingerprint density at radius 1 is 1.00 bits per heavy atom. The van der Waals surface area contributed by atoms with Crippen molar-refractivity contribution in [3.8, 4) is 5.75 Å². The van der Waals surface area contributed by atoms with Crippen molar-refractivity contribution < 1.29 is 19.1 Å². The van der Waals surface area contributed by atoms with E-state index >= 15 is 0 Å². The van der Waals surface area contributed by atoms with Crippen molar-refractivity contribution in [2.75, 3.05) is 51.6 Å². The average molecular weight is 371 g/mol. The molecule has 2 N–H and O–H groups in total. The van der Waals surface area contributed by atoms with Gasteiger partial charge < -0.3 is 25.0 Å². The molecule has 144 valence electrons. The summed E-state index contributed by atoms with van der Waals surface area (Å²) in [4.78, 5) is 25.6. The van der Waals surface area contributed by atoms with Gasteiger partial charge in [-0.25, -0.2) is 0 Å². The number of ether oxygens (including phenoxy) is 2. The quantitative estimate of drug-likeness (QED) is 0.662. The van der Waals surface area contributed by atoms with Crippen LogP contribution in [0.2, 0.25) is 0 Å². The molecule has 0 atom stereocenters. The van der Waals surface area contributed by atoms with Gasteiger partial charge >= 0.3 is 0 Å². The van der Waals surface area contributed by atoms with E-state index in [0.717, 1.165) is 11.4 Å². The highest BCUT2D eigenvalue weighted by atomic mass is 16.5. The van der Waals surface area contributed by atoms with Crippen molar-refractivity contribution in [1.82, 2.24) is 4.90 Å². The summed E-state index contributed by atoms with van der Waals surface area (Å²) in [7, 11) is 4.99. The first-order valence-corrected chi connectivity index (χ1v) is 8.57. The topological polar surface area (TPSA) is 79.9 Å². The highest BCUT2D eigenvalue weighted by Crippen LogP contribution is 2.16. The number of carbonyl (C=O) groups is 2. The van der Waals surface area contributed by atoms with E-state index in [1.807, 2.05) is 24.3 Å². The van der Waals surface area contributed by atoms with Crippen molar-refractivity contribution in [1.29, 1.82) is 0 Å². The molecule has 7 nitrogen and oxygen atoms in total. The first kappa shape index (κ1) is 20.3. The Balaban J connectivity index is 1.84. The average Bonchev–Trinajstić information content (AvgIpc) is 2.67. The Bertz CT molecular complexity index is 760. The van der Waals surface area contributed by atoms with E-state index in [-0.39, 0.29) is 18.4 Å². The fourth-order valence-electron chi connectivity index (χ4n) is 2.29. The molecule has 0 aliphatic rings. The molecule has 2 rings (SSSR count). The van der Waals surface area contributed by atoms with Crippen LogP contribution in [0.5, 0.6) is 5.75 Å². The van der Waals surface area contributed by atoms with Gasteiger partial charge in [0.25, 0.3) is 5.91 Å². The Morgan fingerprint density at radius 2 is 1.74 bits per heavy atom. The third kappa shape index (κ3) is 6.63. The van der Waals surface area contributed by atoms with E-state index in [1.165, 1.54) is 4.90 Å². The first-order chi connectivity index (χ1) is 13.0. The summed E-state index contributed by atoms with van der Waals surface area (Å²) < 4.78 is 10.4. The summed E-state index contributed by atoms with van der Waals surface area (Å²) in [5, 5.41) is 5.83. The number of rotatable bonds is 9. The van der Waals surface area contributed by atoms with Gasteiger partial charge in [0.05, 0.1) is 13.2 Å². The van der Waals surface area contributed by atoms with Crippen molar-refractivity contribution in [2.24, 2.45) is 0 Å². The molecule has 2 aromatic carbocycles. The van der Waals surface area contributed by atoms with Crippen molar-refractivity contribution in [3.63, 3.8) is 0 Å². The molecule has 0 aliphatic carbocycles. The van der Waals surface area contributed by atoms with E-state index in [2.05, 4.69) is 10.6 Å². The number of anilines is 2. The fourth-order valence-corrected chi connectivity index (χ4v) is 2.29. The van der Waals surface area contributed by atoms with E-state index < -0.39 is 0 Å². The summed E-state index contributed by atoms with van der Waals surface area (Å²) in [5.74, 6) is 0.423. The number of methoxy groups -OCH3 is 1. The maximum atomic E-state index is 12.1. The van der Waals surface area contributed by atoms with Gasteiger partial charge in [-0.05, 0) is 42.5 Å². The van der Waals surface area contributed by atoms with Gasteiger partial charge in [-0.3, -0.25) is 9.59 Å². The lowest BCUT2D eigenvalue weighted by Gasteiger charge is -2.12. The standard InChI is InChI=1S/C20H25N3O4/c1-23(2)20(25)15-5-4-6-17(13-15)22-19(24)14-21-16-7-9-18(10-8-16)27-12-11-26-3/h4-10,13,21H,11-12,14H2,1-3H3,(H,22,24). The molecule has 0 unspecified atom stereocenters. The minimum atomic E-state index is -0.204. The van der Waals surface area contributed by atoms with Crippen LogP contribution in [0.4, 0.5) is 11.4 Å². The zero-order chi connectivity index (χ0) is 19.6. The van der Waals surface area contributed by atoms with Crippen LogP contribution in [0.25, 0.3) is 0 Å². The number of nitrogens with zero attached hydrogens (tertiary/aromatic N) is 1. The second-order valence-corrected chi connectivity index (χ2v) is 6.05. The predicted octanol–water partition coefficient (Wildman–Crippen LogP) is 2.46. The maximum Gasteiger partial charge on any atom is 0.253 e. The normalized spacial score (nSPS) is 10.2. The molecule has 0 fully saturated rings. The minimum absolute atomic E-state index is 0.107. The van der Waals surface area contributed by atoms with Crippen LogP contribution in [-0.4, -0.2) is 57.7 Å². The zero-order valence-corrected chi connectivity index (χ0v) is 15.8. The van der Waals surface area contributed by atoms with Gasteiger partial charge in [0.2, 0.25) is 5.91 Å². The molecule has 2 aromatic rings. The lowest BCUT2D eigenvalue weighted by atomic mass is 10.2. The molecule has 2 amide bonds. The Labute approximate surface area is 159 Å². The summed E-state index contributed by atoms with van der Waals surface area (Å²) in [6.45, 7) is 1.12. The van der Waals surface area contributed by atoms with Gasteiger partial charge in [-0.2, -0.15) is 0 Å². The molecule has 0 heterocycles. The second kappa shape index (κ2) is 10.2. The van der Waals surface area contributed by atoms with Crippen molar-refractivity contribution >= 4 is 23.2 Å². The van der Waals surface area contributed by atoms with Gasteiger partial charge in [0.1, 0.15) is 12.4 Å². The highest BCUT2D eigenvalue weighted by molar-refractivity contribution is 5.97. The van der Waals surface area contributed by atoms with Gasteiger partial charge in [-0.15, -0.1) is 0 Å². The van der Waals surface area contributed by atoms with Gasteiger partial charge in [0, 0.05) is 38.1 Å². The van der Waals surface area contributed by atoms with E-state index in [9.17, 15) is 9.59 Å². The Morgan fingerprint density at radius 3 is 2.41 bits per heavy atom. The van der Waals surface area contributed by atoms with Crippen LogP contribution in [0, 0.1) is 0 Å². The number of benzene rings is 2. The van der Waals surface area contributed by atoms with E-state index in [4.69, 9.17) is 9.47 Å². The molecule has 0 bridgehead atoms. The molecular formula is C20H25N3O4. The zero-order valence-electron chi connectivity index (χ0n) is 15.8. The number of hydrogen-bond donors (Lipinski definition) is 2. The summed E-state index contributed by atoms with van der Waals surface area (Å²) >= 11 is 0. The largest absolute Gasteiger partial charge is 0.491 e. The highest BCUT2D eigenvalue weighted by Gasteiger charge is 2.09. The maximum absolute atomic E-state index is 12.1. The lowest BCUT2D eigenvalue weighted by Crippen LogP contribution is -2.23. The second-order valence-electron chi connectivity index (χ2n) is 6.05. The Hall–Kier alpha value is -3.06. The number of amides is 2. The van der Waals surface area contributed by atoms with E-state index in [1.54, 1.807) is 45.5 Å². The molecule has 0 radical (unpaired) electrons. The number of hydrogen-bond acceptors (Lipinski definition) is 5. The van der Waals surface area contributed by atoms with Crippen LogP contribution < -0.4 is 15.4 Å². The van der Waals surface area contributed by atoms with Crippen LogP contribution in [0.1, 0.15) is 10.4 Å². The monoisotopic (exact) mass is 371 g/mol. The smallest absolute Gasteiger partial charge is 0.253 e. The molecule has 0 aliphatic heterocycles. The first-order valence-electron chi connectivity index (χ1n) is 8.57. The fraction of sp³-hybridized carbons (Fsp3) is 0.300. The van der Waals surface area contributed by atoms with Crippen LogP contribution in [-0.2, 0) is 9.53 Å². The minimum Gasteiger partial charge on any atom is -0.491 e. The van der Waals surface area contributed by atoms with Crippen LogP contribution >= 0.6 is 0 Å². The third-order valence-electron chi connectivity index (χ3n) is 3.66. The van der Waals surface area contributed by atoms with Crippen molar-refractivity contribution in [2.45, 2.75) is 0 Å². The number of carbonyl (C=O) groups excluding carboxylic acids is 2. The molecule has 0 saturated carbocycles. The molecular weight excluding hydrogens is 346 g/mol. The summed E-state index contributed by atoms with van der Waals surface area (Å²) in [5.41, 5.74) is 1.91. The summed E-state index contributed by atoms with van der Waals surface area (Å²) in [6.07, 6.45) is 0. The predicted molar refractivity (Wildman–Crippen MR) is 105 cm³/mol. The SMILES string of the molecule is COCCOc1ccc(NCC(=O)Nc2cccc(C(=O)N(C)C)c2)cc1. The Kier molecular flexibility index (Phi) is 7.63. The van der Waals surface area contributed by atoms with Crippen molar-refractivity contribution in [3.05, 3.63) is 54.1 Å². The molecule has 0 spiro atoms. The third-order valence-corrected chi connectivity index (χ3v) is 3.66.